The highest BCUT2D eigenvalue weighted by atomic mass is 32.2. The van der Waals surface area contributed by atoms with Gasteiger partial charge in [0.25, 0.3) is 11.1 Å². The first-order valence-electron chi connectivity index (χ1n) is 7.47. The van der Waals surface area contributed by atoms with E-state index in [-0.39, 0.29) is 11.5 Å². The summed E-state index contributed by atoms with van der Waals surface area (Å²) < 4.78 is 10.0. The van der Waals surface area contributed by atoms with Crippen LogP contribution in [0.1, 0.15) is 25.0 Å². The molecule has 7 heteroatoms. The Morgan fingerprint density at radius 3 is 2.67 bits per heavy atom. The van der Waals surface area contributed by atoms with E-state index in [1.165, 1.54) is 6.92 Å². The van der Waals surface area contributed by atoms with Crippen molar-refractivity contribution in [3.05, 3.63) is 34.2 Å². The second kappa shape index (κ2) is 7.53. The van der Waals surface area contributed by atoms with Crippen LogP contribution in [0.15, 0.2) is 23.1 Å². The maximum Gasteiger partial charge on any atom is 0.329 e. The molecule has 1 fully saturated rings. The lowest BCUT2D eigenvalue weighted by molar-refractivity contribution is -0.150. The molecule has 24 heavy (non-hydrogen) atoms. The van der Waals surface area contributed by atoms with Crippen molar-refractivity contribution < 1.29 is 23.9 Å². The predicted octanol–water partition coefficient (Wildman–Crippen LogP) is 2.99. The normalized spacial score (nSPS) is 17.3. The van der Waals surface area contributed by atoms with Crippen molar-refractivity contribution in [1.29, 1.82) is 0 Å². The minimum absolute atomic E-state index is 0.195. The van der Waals surface area contributed by atoms with Gasteiger partial charge in [-0.2, -0.15) is 0 Å². The molecule has 1 atom stereocenters. The molecule has 0 saturated carbocycles. The molecule has 1 saturated heterocycles. The number of carbonyl (C=O) groups is 3. The predicted molar refractivity (Wildman–Crippen MR) is 91.6 cm³/mol. The van der Waals surface area contributed by atoms with E-state index < -0.39 is 23.2 Å². The summed E-state index contributed by atoms with van der Waals surface area (Å²) in [6, 6.07) is 4.50. The number of aryl methyl sites for hydroxylation is 1. The standard InChI is InChI=1S/C17H19NO5S/c1-5-23-16(20)11(3)18-15(19)14(24-17(18)21)9-12-6-7-13(22-4)8-10(12)2/h6-9,11H,5H2,1-4H3/b14-9-/t11-/m0/s1. The molecule has 0 N–H and O–H groups in total. The monoisotopic (exact) mass is 349 g/mol. The molecule has 1 heterocycles. The highest BCUT2D eigenvalue weighted by Crippen LogP contribution is 2.34. The molecule has 128 valence electrons. The summed E-state index contributed by atoms with van der Waals surface area (Å²) in [7, 11) is 1.58. The Hall–Kier alpha value is -2.28. The number of esters is 1. The van der Waals surface area contributed by atoms with Crippen LogP contribution < -0.4 is 4.74 Å². The third-order valence-corrected chi connectivity index (χ3v) is 4.49. The van der Waals surface area contributed by atoms with Gasteiger partial charge < -0.3 is 9.47 Å². The zero-order valence-corrected chi connectivity index (χ0v) is 14.8. The summed E-state index contributed by atoms with van der Waals surface area (Å²) in [6.45, 7) is 5.24. The number of ether oxygens (including phenoxy) is 2. The van der Waals surface area contributed by atoms with Gasteiger partial charge in [-0.3, -0.25) is 14.5 Å². The second-order valence-electron chi connectivity index (χ2n) is 5.20. The topological polar surface area (TPSA) is 72.9 Å². The first-order valence-corrected chi connectivity index (χ1v) is 8.29. The Labute approximate surface area is 144 Å². The van der Waals surface area contributed by atoms with Gasteiger partial charge in [-0.25, -0.2) is 4.79 Å². The van der Waals surface area contributed by atoms with Crippen LogP contribution in [0.4, 0.5) is 4.79 Å². The van der Waals surface area contributed by atoms with Crippen LogP contribution in [-0.4, -0.2) is 41.8 Å². The van der Waals surface area contributed by atoms with E-state index in [1.807, 2.05) is 19.1 Å². The molecule has 0 aromatic heterocycles. The van der Waals surface area contributed by atoms with Gasteiger partial charge >= 0.3 is 5.97 Å². The van der Waals surface area contributed by atoms with Crippen molar-refractivity contribution in [1.82, 2.24) is 4.90 Å². The Kier molecular flexibility index (Phi) is 5.66. The lowest BCUT2D eigenvalue weighted by Crippen LogP contribution is -2.42. The smallest absolute Gasteiger partial charge is 0.329 e. The second-order valence-corrected chi connectivity index (χ2v) is 6.20. The highest BCUT2D eigenvalue weighted by Gasteiger charge is 2.41. The molecule has 0 bridgehead atoms. The molecule has 0 radical (unpaired) electrons. The highest BCUT2D eigenvalue weighted by molar-refractivity contribution is 8.18. The quantitative estimate of drug-likeness (QED) is 0.601. The Balaban J connectivity index is 2.26. The van der Waals surface area contributed by atoms with Crippen LogP contribution in [0.2, 0.25) is 0 Å². The summed E-state index contributed by atoms with van der Waals surface area (Å²) in [4.78, 5) is 37.6. The molecule has 1 aromatic rings. The van der Waals surface area contributed by atoms with Crippen molar-refractivity contribution in [3.8, 4) is 5.75 Å². The summed E-state index contributed by atoms with van der Waals surface area (Å²) in [5.41, 5.74) is 1.73. The van der Waals surface area contributed by atoms with Gasteiger partial charge in [0, 0.05) is 0 Å². The molecule has 2 amide bonds. The lowest BCUT2D eigenvalue weighted by Gasteiger charge is -2.19. The fraction of sp³-hybridized carbons (Fsp3) is 0.353. The van der Waals surface area contributed by atoms with Crippen molar-refractivity contribution in [2.45, 2.75) is 26.8 Å². The average Bonchev–Trinajstić information content (AvgIpc) is 2.82. The number of hydrogen-bond donors (Lipinski definition) is 0. The molecule has 6 nitrogen and oxygen atoms in total. The summed E-state index contributed by atoms with van der Waals surface area (Å²) in [5, 5.41) is -0.474. The van der Waals surface area contributed by atoms with Crippen LogP contribution >= 0.6 is 11.8 Å². The maximum atomic E-state index is 12.5. The molecule has 1 aliphatic heterocycles. The largest absolute Gasteiger partial charge is 0.497 e. The van der Waals surface area contributed by atoms with E-state index in [1.54, 1.807) is 26.2 Å². The van der Waals surface area contributed by atoms with Crippen molar-refractivity contribution in [2.24, 2.45) is 0 Å². The summed E-state index contributed by atoms with van der Waals surface area (Å²) >= 11 is 0.819. The molecule has 0 unspecified atom stereocenters. The minimum Gasteiger partial charge on any atom is -0.497 e. The zero-order valence-electron chi connectivity index (χ0n) is 14.0. The fourth-order valence-corrected chi connectivity index (χ4v) is 3.16. The minimum atomic E-state index is -0.944. The lowest BCUT2D eigenvalue weighted by atomic mass is 10.1. The molecule has 0 aliphatic carbocycles. The van der Waals surface area contributed by atoms with Gasteiger partial charge in [-0.05, 0) is 61.9 Å². The van der Waals surface area contributed by atoms with E-state index in [0.717, 1.165) is 27.8 Å². The molecule has 0 spiro atoms. The Bertz CT molecular complexity index is 713. The summed E-state index contributed by atoms with van der Waals surface area (Å²) in [5.74, 6) is -0.365. The van der Waals surface area contributed by atoms with Gasteiger partial charge in [0.1, 0.15) is 11.8 Å². The number of benzene rings is 1. The van der Waals surface area contributed by atoms with Crippen molar-refractivity contribution in [3.63, 3.8) is 0 Å². The third kappa shape index (κ3) is 3.62. The van der Waals surface area contributed by atoms with Gasteiger partial charge in [0.2, 0.25) is 0 Å². The van der Waals surface area contributed by atoms with Gasteiger partial charge in [0.05, 0.1) is 18.6 Å². The van der Waals surface area contributed by atoms with E-state index in [9.17, 15) is 14.4 Å². The van der Waals surface area contributed by atoms with E-state index in [4.69, 9.17) is 9.47 Å². The van der Waals surface area contributed by atoms with E-state index >= 15 is 0 Å². The number of methoxy groups -OCH3 is 1. The van der Waals surface area contributed by atoms with Gasteiger partial charge in [-0.15, -0.1) is 0 Å². The Morgan fingerprint density at radius 1 is 1.38 bits per heavy atom. The van der Waals surface area contributed by atoms with Crippen LogP contribution in [0.3, 0.4) is 0 Å². The SMILES string of the molecule is CCOC(=O)[C@H](C)N1C(=O)S/C(=C\c2ccc(OC)cc2C)C1=O. The molecule has 1 aromatic carbocycles. The average molecular weight is 349 g/mol. The van der Waals surface area contributed by atoms with Crippen molar-refractivity contribution >= 4 is 35.0 Å². The number of hydrogen-bond acceptors (Lipinski definition) is 6. The van der Waals surface area contributed by atoms with Crippen LogP contribution in [-0.2, 0) is 14.3 Å². The molecular weight excluding hydrogens is 330 g/mol. The number of nitrogens with zero attached hydrogens (tertiary/aromatic N) is 1. The van der Waals surface area contributed by atoms with E-state index in [0.29, 0.717) is 5.75 Å². The molecule has 2 rings (SSSR count). The van der Waals surface area contributed by atoms with Crippen molar-refractivity contribution in [2.75, 3.05) is 13.7 Å². The first-order chi connectivity index (χ1) is 11.4. The number of rotatable bonds is 5. The Morgan fingerprint density at radius 2 is 2.08 bits per heavy atom. The van der Waals surface area contributed by atoms with Crippen LogP contribution in [0.25, 0.3) is 6.08 Å². The van der Waals surface area contributed by atoms with Gasteiger partial charge in [-0.1, -0.05) is 6.07 Å². The number of thioether (sulfide) groups is 1. The van der Waals surface area contributed by atoms with Crippen LogP contribution in [0, 0.1) is 6.92 Å². The number of imide groups is 1. The summed E-state index contributed by atoms with van der Waals surface area (Å²) in [6.07, 6.45) is 1.65. The number of carbonyl (C=O) groups excluding carboxylic acids is 3. The zero-order chi connectivity index (χ0) is 17.9. The maximum absolute atomic E-state index is 12.5. The third-order valence-electron chi connectivity index (χ3n) is 3.60. The van der Waals surface area contributed by atoms with E-state index in [2.05, 4.69) is 0 Å². The first kappa shape index (κ1) is 18.1. The molecular formula is C17H19NO5S. The van der Waals surface area contributed by atoms with Crippen LogP contribution in [0.5, 0.6) is 5.75 Å². The molecule has 1 aliphatic rings. The van der Waals surface area contributed by atoms with Gasteiger partial charge in [0.15, 0.2) is 0 Å². The number of amides is 2. The fourth-order valence-electron chi connectivity index (χ4n) is 2.26.